The quantitative estimate of drug-likeness (QED) is 0.537. The molecule has 0 atom stereocenters. The lowest BCUT2D eigenvalue weighted by Gasteiger charge is -1.82. The molecular formula is C5H10NP. The maximum Gasteiger partial charge on any atom is 0.000721 e. The van der Waals surface area contributed by atoms with Gasteiger partial charge >= 0.3 is 0 Å². The summed E-state index contributed by atoms with van der Waals surface area (Å²) in [5, 5.41) is 4.91. The van der Waals surface area contributed by atoms with E-state index >= 15 is 0 Å². The van der Waals surface area contributed by atoms with Crippen molar-refractivity contribution in [1.29, 1.82) is 0 Å². The molecule has 0 aliphatic heterocycles. The molecule has 0 aromatic rings. The van der Waals surface area contributed by atoms with Crippen molar-refractivity contribution in [1.82, 2.24) is 5.09 Å². The van der Waals surface area contributed by atoms with Gasteiger partial charge in [0.2, 0.25) is 0 Å². The Labute approximate surface area is 46.0 Å². The van der Waals surface area contributed by atoms with Crippen LogP contribution in [0.1, 0.15) is 19.8 Å². The van der Waals surface area contributed by atoms with Crippen LogP contribution in [0.3, 0.4) is 0 Å². The van der Waals surface area contributed by atoms with E-state index < -0.39 is 0 Å². The van der Waals surface area contributed by atoms with Crippen molar-refractivity contribution in [2.24, 2.45) is 0 Å². The van der Waals surface area contributed by atoms with E-state index in [-0.39, 0.29) is 0 Å². The summed E-state index contributed by atoms with van der Waals surface area (Å²) in [6, 6.07) is 0. The van der Waals surface area contributed by atoms with Crippen LogP contribution in [0.15, 0.2) is 0 Å². The van der Waals surface area contributed by atoms with E-state index in [2.05, 4.69) is 12.0 Å². The highest BCUT2D eigenvalue weighted by Crippen LogP contribution is 2.19. The molecule has 0 aromatic carbocycles. The molecule has 0 spiro atoms. The molecule has 1 aliphatic rings. The van der Waals surface area contributed by atoms with Crippen molar-refractivity contribution >= 4 is 13.6 Å². The predicted molar refractivity (Wildman–Crippen MR) is 34.8 cm³/mol. The van der Waals surface area contributed by atoms with Gasteiger partial charge < -0.3 is 0 Å². The second kappa shape index (κ2) is 2.44. The predicted octanol–water partition coefficient (Wildman–Crippen LogP) is 1.42. The summed E-state index contributed by atoms with van der Waals surface area (Å²) in [4.78, 5) is 0. The molecule has 0 bridgehead atoms. The van der Waals surface area contributed by atoms with Gasteiger partial charge in [0.05, 0.1) is 0 Å². The van der Waals surface area contributed by atoms with Crippen LogP contribution in [-0.4, -0.2) is 11.8 Å². The van der Waals surface area contributed by atoms with Crippen LogP contribution in [0.2, 0.25) is 0 Å². The van der Waals surface area contributed by atoms with Gasteiger partial charge in [-0.05, 0) is 26.5 Å². The molecular weight excluding hydrogens is 105 g/mol. The van der Waals surface area contributed by atoms with E-state index in [0.717, 1.165) is 6.54 Å². The van der Waals surface area contributed by atoms with Crippen molar-refractivity contribution in [3.05, 3.63) is 0 Å². The van der Waals surface area contributed by atoms with Crippen molar-refractivity contribution in [2.45, 2.75) is 19.8 Å². The van der Waals surface area contributed by atoms with Gasteiger partial charge in [-0.2, -0.15) is 0 Å². The minimum Gasteiger partial charge on any atom is -0.271 e. The molecule has 40 valence electrons. The Kier molecular flexibility index (Phi) is 1.84. The topological polar surface area (TPSA) is 12.0 Å². The Balaban J connectivity index is 2.07. The van der Waals surface area contributed by atoms with Crippen molar-refractivity contribution in [2.75, 3.05) is 6.54 Å². The molecule has 1 nitrogen and oxygen atoms in total. The maximum absolute atomic E-state index is 3.25. The lowest BCUT2D eigenvalue weighted by Crippen LogP contribution is -1.94. The van der Waals surface area contributed by atoms with Crippen LogP contribution in [0.4, 0.5) is 0 Å². The summed E-state index contributed by atoms with van der Waals surface area (Å²) >= 11 is 0. The van der Waals surface area contributed by atoms with Crippen molar-refractivity contribution in [3.63, 3.8) is 0 Å². The third-order valence-corrected chi connectivity index (χ3v) is 2.11. The number of hydrogen-bond acceptors (Lipinski definition) is 1. The molecule has 1 saturated carbocycles. The van der Waals surface area contributed by atoms with E-state index in [1.165, 1.54) is 21.2 Å². The first-order chi connectivity index (χ1) is 3.43. The lowest BCUT2D eigenvalue weighted by molar-refractivity contribution is 1.04. The zero-order valence-corrected chi connectivity index (χ0v) is 5.46. The Morgan fingerprint density at radius 3 is 2.86 bits per heavy atom. The summed E-state index contributed by atoms with van der Waals surface area (Å²) in [6.07, 6.45) is 2.74. The van der Waals surface area contributed by atoms with E-state index in [1.54, 1.807) is 5.29 Å². The minimum atomic E-state index is 1.10. The molecule has 1 N–H and O–H groups in total. The zero-order valence-electron chi connectivity index (χ0n) is 4.57. The summed E-state index contributed by atoms with van der Waals surface area (Å²) in [7, 11) is 1.39. The molecule has 1 aliphatic carbocycles. The third kappa shape index (κ3) is 2.06. The standard InChI is InChI=1S/C5H10NP/c1-2-6-7-5-3-4-5/h6H,2-4H2,1H3. The fourth-order valence-corrected chi connectivity index (χ4v) is 1.08. The van der Waals surface area contributed by atoms with Gasteiger partial charge in [-0.15, -0.1) is 0 Å². The highest BCUT2D eigenvalue weighted by molar-refractivity contribution is 7.39. The van der Waals surface area contributed by atoms with Crippen LogP contribution >= 0.6 is 8.35 Å². The Hall–Kier alpha value is 0.130. The van der Waals surface area contributed by atoms with Gasteiger partial charge in [0.25, 0.3) is 0 Å². The van der Waals surface area contributed by atoms with Crippen LogP contribution < -0.4 is 5.09 Å². The zero-order chi connectivity index (χ0) is 5.11. The molecule has 0 saturated heterocycles. The van der Waals surface area contributed by atoms with Crippen LogP contribution in [0, 0.1) is 0 Å². The minimum absolute atomic E-state index is 1.10. The molecule has 1 fully saturated rings. The SMILES string of the molecule is CCNP=C1CC1. The lowest BCUT2D eigenvalue weighted by atomic mass is 10.8. The molecule has 7 heavy (non-hydrogen) atoms. The van der Waals surface area contributed by atoms with Gasteiger partial charge in [0.15, 0.2) is 0 Å². The molecule has 0 heterocycles. The van der Waals surface area contributed by atoms with E-state index in [4.69, 9.17) is 0 Å². The summed E-state index contributed by atoms with van der Waals surface area (Å²) in [5.41, 5.74) is 0. The smallest absolute Gasteiger partial charge is 0.000721 e. The normalized spacial score (nSPS) is 18.1. The summed E-state index contributed by atoms with van der Waals surface area (Å²) < 4.78 is 0. The fourth-order valence-electron chi connectivity index (χ4n) is 0.359. The van der Waals surface area contributed by atoms with Crippen molar-refractivity contribution in [3.8, 4) is 0 Å². The first-order valence-corrected chi connectivity index (χ1v) is 3.61. The Morgan fingerprint density at radius 2 is 2.43 bits per heavy atom. The average molecular weight is 115 g/mol. The third-order valence-electron chi connectivity index (χ3n) is 0.869. The first kappa shape index (κ1) is 5.27. The fraction of sp³-hybridized carbons (Fsp3) is 0.800. The average Bonchev–Trinajstić information content (AvgIpc) is 2.42. The molecule has 2 heteroatoms. The molecule has 0 amide bonds. The highest BCUT2D eigenvalue weighted by Gasteiger charge is 2.09. The van der Waals surface area contributed by atoms with Crippen molar-refractivity contribution < 1.29 is 0 Å². The maximum atomic E-state index is 3.25. The number of nitrogens with one attached hydrogen (secondary N) is 1. The molecule has 0 unspecified atom stereocenters. The van der Waals surface area contributed by atoms with Gasteiger partial charge in [-0.3, -0.25) is 5.09 Å². The monoisotopic (exact) mass is 115 g/mol. The van der Waals surface area contributed by atoms with Crippen LogP contribution in [0.5, 0.6) is 0 Å². The van der Waals surface area contributed by atoms with Gasteiger partial charge in [0, 0.05) is 6.54 Å². The van der Waals surface area contributed by atoms with Gasteiger partial charge in [-0.25, -0.2) is 0 Å². The molecule has 0 aromatic heterocycles. The first-order valence-electron chi connectivity index (χ1n) is 2.71. The van der Waals surface area contributed by atoms with Crippen LogP contribution in [-0.2, 0) is 0 Å². The second-order valence-electron chi connectivity index (χ2n) is 1.69. The van der Waals surface area contributed by atoms with E-state index in [1.807, 2.05) is 0 Å². The van der Waals surface area contributed by atoms with E-state index in [9.17, 15) is 0 Å². The highest BCUT2D eigenvalue weighted by atomic mass is 31.1. The number of rotatable bonds is 2. The summed E-state index contributed by atoms with van der Waals surface area (Å²) in [5.74, 6) is 0. The molecule has 0 radical (unpaired) electrons. The van der Waals surface area contributed by atoms with Crippen LogP contribution in [0.25, 0.3) is 0 Å². The van der Waals surface area contributed by atoms with Gasteiger partial charge in [-0.1, -0.05) is 6.92 Å². The van der Waals surface area contributed by atoms with Gasteiger partial charge in [0.1, 0.15) is 0 Å². The second-order valence-corrected chi connectivity index (χ2v) is 2.86. The Morgan fingerprint density at radius 1 is 1.71 bits per heavy atom. The number of hydrogen-bond donors (Lipinski definition) is 1. The summed E-state index contributed by atoms with van der Waals surface area (Å²) in [6.45, 7) is 3.24. The molecule has 1 rings (SSSR count). The van der Waals surface area contributed by atoms with E-state index in [0.29, 0.717) is 0 Å². The Bertz CT molecular complexity index is 82.1. The largest absolute Gasteiger partial charge is 0.271 e.